The molecule has 0 aliphatic carbocycles. The van der Waals surface area contributed by atoms with Crippen molar-refractivity contribution in [2.75, 3.05) is 0 Å². The maximum absolute atomic E-state index is 4.19. The monoisotopic (exact) mass is 270 g/mol. The highest BCUT2D eigenvalue weighted by Gasteiger charge is 1.98. The lowest BCUT2D eigenvalue weighted by Gasteiger charge is -1.99. The third-order valence-electron chi connectivity index (χ3n) is 1.80. The van der Waals surface area contributed by atoms with E-state index in [1.807, 2.05) is 6.92 Å². The first kappa shape index (κ1) is 7.91. The van der Waals surface area contributed by atoms with Crippen LogP contribution in [0.1, 0.15) is 5.69 Å². The molecular formula is C9H7IN2. The van der Waals surface area contributed by atoms with Crippen LogP contribution in [0.25, 0.3) is 10.9 Å². The predicted molar refractivity (Wildman–Crippen MR) is 57.0 cm³/mol. The molecule has 0 atom stereocenters. The van der Waals surface area contributed by atoms with E-state index in [1.165, 1.54) is 3.57 Å². The zero-order valence-electron chi connectivity index (χ0n) is 6.58. The van der Waals surface area contributed by atoms with Gasteiger partial charge in [-0.05, 0) is 47.7 Å². The molecule has 2 nitrogen and oxygen atoms in total. The van der Waals surface area contributed by atoms with Gasteiger partial charge in [-0.1, -0.05) is 0 Å². The number of halogens is 1. The van der Waals surface area contributed by atoms with Crippen LogP contribution in [0.5, 0.6) is 0 Å². The van der Waals surface area contributed by atoms with Crippen LogP contribution in [0, 0.1) is 10.5 Å². The van der Waals surface area contributed by atoms with E-state index >= 15 is 0 Å². The molecule has 0 unspecified atom stereocenters. The molecule has 0 aliphatic rings. The van der Waals surface area contributed by atoms with Crippen LogP contribution < -0.4 is 0 Å². The number of aromatic nitrogens is 2. The molecule has 0 radical (unpaired) electrons. The number of hydrogen-bond donors (Lipinski definition) is 0. The Bertz CT molecular complexity index is 426. The summed E-state index contributed by atoms with van der Waals surface area (Å²) in [6.45, 7) is 2.00. The van der Waals surface area contributed by atoms with Crippen LogP contribution in [0.2, 0.25) is 0 Å². The molecule has 0 N–H and O–H groups in total. The van der Waals surface area contributed by atoms with Gasteiger partial charge in [0.2, 0.25) is 0 Å². The number of rotatable bonds is 0. The van der Waals surface area contributed by atoms with Gasteiger partial charge in [-0.15, -0.1) is 0 Å². The van der Waals surface area contributed by atoms with E-state index < -0.39 is 0 Å². The van der Waals surface area contributed by atoms with Gasteiger partial charge in [0.25, 0.3) is 0 Å². The second kappa shape index (κ2) is 2.97. The summed E-state index contributed by atoms with van der Waals surface area (Å²) in [5.41, 5.74) is 2.06. The van der Waals surface area contributed by atoms with Gasteiger partial charge in [0.1, 0.15) is 6.33 Å². The zero-order chi connectivity index (χ0) is 8.55. The normalized spacial score (nSPS) is 10.5. The van der Waals surface area contributed by atoms with Crippen LogP contribution in [-0.2, 0) is 0 Å². The van der Waals surface area contributed by atoms with Crippen molar-refractivity contribution in [3.05, 3.63) is 33.8 Å². The average molecular weight is 270 g/mol. The highest BCUT2D eigenvalue weighted by molar-refractivity contribution is 14.1. The van der Waals surface area contributed by atoms with Crippen molar-refractivity contribution < 1.29 is 0 Å². The standard InChI is InChI=1S/C9H7IN2/c1-6-8-3-2-7(10)4-9(8)12-5-11-6/h2-5H,1H3. The fraction of sp³-hybridized carbons (Fsp3) is 0.111. The van der Waals surface area contributed by atoms with E-state index in [1.54, 1.807) is 6.33 Å². The molecule has 1 heterocycles. The summed E-state index contributed by atoms with van der Waals surface area (Å²) in [7, 11) is 0. The molecule has 0 fully saturated rings. The van der Waals surface area contributed by atoms with E-state index in [0.717, 1.165) is 16.6 Å². The Hall–Kier alpha value is -0.710. The highest BCUT2D eigenvalue weighted by atomic mass is 127. The van der Waals surface area contributed by atoms with Crippen molar-refractivity contribution in [2.45, 2.75) is 6.92 Å². The zero-order valence-corrected chi connectivity index (χ0v) is 8.74. The second-order valence-electron chi connectivity index (χ2n) is 2.62. The Labute approximate surface area is 84.2 Å². The minimum atomic E-state index is 1.02. The van der Waals surface area contributed by atoms with Crippen molar-refractivity contribution in [3.8, 4) is 0 Å². The summed E-state index contributed by atoms with van der Waals surface area (Å²) in [5.74, 6) is 0. The van der Waals surface area contributed by atoms with Gasteiger partial charge in [-0.3, -0.25) is 0 Å². The van der Waals surface area contributed by atoms with Crippen molar-refractivity contribution in [2.24, 2.45) is 0 Å². The molecule has 60 valence electrons. The van der Waals surface area contributed by atoms with Crippen LogP contribution in [0.15, 0.2) is 24.5 Å². The van der Waals surface area contributed by atoms with Crippen LogP contribution >= 0.6 is 22.6 Å². The number of benzene rings is 1. The van der Waals surface area contributed by atoms with Crippen molar-refractivity contribution in [3.63, 3.8) is 0 Å². The summed E-state index contributed by atoms with van der Waals surface area (Å²) < 4.78 is 1.21. The first-order chi connectivity index (χ1) is 5.77. The van der Waals surface area contributed by atoms with Crippen LogP contribution in [-0.4, -0.2) is 9.97 Å². The molecule has 0 amide bonds. The SMILES string of the molecule is Cc1ncnc2cc(I)ccc12. The lowest BCUT2D eigenvalue weighted by atomic mass is 10.2. The molecule has 1 aromatic carbocycles. The second-order valence-corrected chi connectivity index (χ2v) is 3.87. The third kappa shape index (κ3) is 1.29. The molecule has 0 saturated carbocycles. The van der Waals surface area contributed by atoms with E-state index in [2.05, 4.69) is 50.8 Å². The van der Waals surface area contributed by atoms with Gasteiger partial charge in [0, 0.05) is 14.7 Å². The third-order valence-corrected chi connectivity index (χ3v) is 2.47. The van der Waals surface area contributed by atoms with Crippen LogP contribution in [0.3, 0.4) is 0 Å². The number of fused-ring (bicyclic) bond motifs is 1. The smallest absolute Gasteiger partial charge is 0.116 e. The average Bonchev–Trinajstić information content (AvgIpc) is 2.04. The molecule has 1 aromatic heterocycles. The summed E-state index contributed by atoms with van der Waals surface area (Å²) in [6, 6.07) is 6.19. The lowest BCUT2D eigenvalue weighted by molar-refractivity contribution is 1.15. The van der Waals surface area contributed by atoms with Gasteiger partial charge >= 0.3 is 0 Å². The Morgan fingerprint density at radius 1 is 1.25 bits per heavy atom. The van der Waals surface area contributed by atoms with Gasteiger partial charge < -0.3 is 0 Å². The summed E-state index contributed by atoms with van der Waals surface area (Å²) in [6.07, 6.45) is 1.60. The number of nitrogens with zero attached hydrogens (tertiary/aromatic N) is 2. The van der Waals surface area contributed by atoms with E-state index in [0.29, 0.717) is 0 Å². The van der Waals surface area contributed by atoms with Crippen molar-refractivity contribution in [1.82, 2.24) is 9.97 Å². The summed E-state index contributed by atoms with van der Waals surface area (Å²) in [4.78, 5) is 8.31. The van der Waals surface area contributed by atoms with Crippen LogP contribution in [0.4, 0.5) is 0 Å². The molecule has 2 aromatic rings. The maximum atomic E-state index is 4.19. The molecule has 0 bridgehead atoms. The summed E-state index contributed by atoms with van der Waals surface area (Å²) >= 11 is 2.28. The Morgan fingerprint density at radius 2 is 2.08 bits per heavy atom. The Balaban J connectivity index is 2.86. The first-order valence-electron chi connectivity index (χ1n) is 3.64. The molecule has 2 rings (SSSR count). The van der Waals surface area contributed by atoms with Gasteiger partial charge in [-0.2, -0.15) is 0 Å². The molecule has 12 heavy (non-hydrogen) atoms. The predicted octanol–water partition coefficient (Wildman–Crippen LogP) is 2.54. The van der Waals surface area contributed by atoms with Crippen molar-refractivity contribution >= 4 is 33.5 Å². The van der Waals surface area contributed by atoms with Gasteiger partial charge in [-0.25, -0.2) is 9.97 Å². The van der Waals surface area contributed by atoms with Crippen molar-refractivity contribution in [1.29, 1.82) is 0 Å². The largest absolute Gasteiger partial charge is 0.241 e. The Kier molecular flexibility index (Phi) is 1.96. The van der Waals surface area contributed by atoms with E-state index in [4.69, 9.17) is 0 Å². The van der Waals surface area contributed by atoms with E-state index in [9.17, 15) is 0 Å². The molecule has 0 saturated heterocycles. The summed E-state index contributed by atoms with van der Waals surface area (Å²) in [5, 5.41) is 1.14. The minimum absolute atomic E-state index is 1.02. The minimum Gasteiger partial charge on any atom is -0.241 e. The van der Waals surface area contributed by atoms with E-state index in [-0.39, 0.29) is 0 Å². The first-order valence-corrected chi connectivity index (χ1v) is 4.72. The maximum Gasteiger partial charge on any atom is 0.116 e. The highest BCUT2D eigenvalue weighted by Crippen LogP contribution is 2.16. The molecular weight excluding hydrogens is 263 g/mol. The number of aryl methyl sites for hydroxylation is 1. The molecule has 3 heteroatoms. The fourth-order valence-electron chi connectivity index (χ4n) is 1.16. The topological polar surface area (TPSA) is 25.8 Å². The fourth-order valence-corrected chi connectivity index (χ4v) is 1.64. The molecule has 0 spiro atoms. The quantitative estimate of drug-likeness (QED) is 0.687. The van der Waals surface area contributed by atoms with Gasteiger partial charge in [0.05, 0.1) is 5.52 Å². The van der Waals surface area contributed by atoms with Gasteiger partial charge in [0.15, 0.2) is 0 Å². The lowest BCUT2D eigenvalue weighted by Crippen LogP contribution is -1.86. The number of hydrogen-bond acceptors (Lipinski definition) is 2. The molecule has 0 aliphatic heterocycles. The Morgan fingerprint density at radius 3 is 2.92 bits per heavy atom.